The highest BCUT2D eigenvalue weighted by Gasteiger charge is 2.28. The summed E-state index contributed by atoms with van der Waals surface area (Å²) >= 11 is 13.3. The molecule has 4 rings (SSSR count). The van der Waals surface area contributed by atoms with Crippen molar-refractivity contribution in [3.8, 4) is 5.69 Å². The number of piperidine rings is 1. The van der Waals surface area contributed by atoms with Crippen molar-refractivity contribution in [3.05, 3.63) is 59.5 Å². The van der Waals surface area contributed by atoms with Gasteiger partial charge in [0, 0.05) is 26.7 Å². The maximum absolute atomic E-state index is 13.7. The van der Waals surface area contributed by atoms with Crippen LogP contribution < -0.4 is 11.2 Å². The van der Waals surface area contributed by atoms with Crippen molar-refractivity contribution in [1.29, 1.82) is 0 Å². The number of carbonyl (C=O) groups excluding carboxylic acids is 2. The maximum atomic E-state index is 13.7. The van der Waals surface area contributed by atoms with Crippen molar-refractivity contribution in [2.75, 3.05) is 20.6 Å². The maximum Gasteiger partial charge on any atom is 0.337 e. The Morgan fingerprint density at radius 3 is 2.49 bits per heavy atom. The molecule has 1 aliphatic rings. The first-order valence-electron chi connectivity index (χ1n) is 11.3. The summed E-state index contributed by atoms with van der Waals surface area (Å²) < 4.78 is 2.29. The minimum atomic E-state index is -0.677. The number of nitrogens with zero attached hydrogens (tertiary/aromatic N) is 4. The number of likely N-dealkylation sites (tertiary alicyclic amines) is 1. The van der Waals surface area contributed by atoms with Gasteiger partial charge in [-0.2, -0.15) is 0 Å². The van der Waals surface area contributed by atoms with Crippen molar-refractivity contribution in [1.82, 2.24) is 18.9 Å². The number of amides is 2. The second kappa shape index (κ2) is 9.79. The van der Waals surface area contributed by atoms with E-state index in [1.807, 2.05) is 6.92 Å². The topological polar surface area (TPSA) is 84.6 Å². The monoisotopic (exact) mass is 536 g/mol. The molecule has 0 N–H and O–H groups in total. The Balaban J connectivity index is 1.99. The molecule has 2 amide bonds. The van der Waals surface area contributed by atoms with Crippen molar-refractivity contribution >= 4 is 56.6 Å². The van der Waals surface area contributed by atoms with Gasteiger partial charge < -0.3 is 9.80 Å². The Hall–Kier alpha value is -2.62. The molecule has 0 bridgehead atoms. The molecule has 8 nitrogen and oxygen atoms in total. The predicted molar refractivity (Wildman–Crippen MR) is 139 cm³/mol. The summed E-state index contributed by atoms with van der Waals surface area (Å²) in [6, 6.07) is 4.53. The van der Waals surface area contributed by atoms with Crippen LogP contribution in [0.2, 0.25) is 10.0 Å². The van der Waals surface area contributed by atoms with Gasteiger partial charge in [-0.3, -0.25) is 19.0 Å². The zero-order chi connectivity index (χ0) is 25.6. The van der Waals surface area contributed by atoms with Gasteiger partial charge in [-0.25, -0.2) is 9.36 Å². The Bertz CT molecular complexity index is 1460. The highest BCUT2D eigenvalue weighted by Crippen LogP contribution is 2.30. The van der Waals surface area contributed by atoms with Gasteiger partial charge in [0.15, 0.2) is 0 Å². The molecule has 2 aromatic heterocycles. The van der Waals surface area contributed by atoms with E-state index in [0.717, 1.165) is 35.2 Å². The minimum absolute atomic E-state index is 0.0689. The summed E-state index contributed by atoms with van der Waals surface area (Å²) in [4.78, 5) is 57.3. The number of hydrogen-bond acceptors (Lipinski definition) is 5. The highest BCUT2D eigenvalue weighted by atomic mass is 35.5. The lowest BCUT2D eigenvalue weighted by Gasteiger charge is -2.33. The van der Waals surface area contributed by atoms with Crippen LogP contribution in [0, 0.1) is 6.92 Å². The van der Waals surface area contributed by atoms with Crippen LogP contribution >= 0.6 is 34.5 Å². The fourth-order valence-corrected chi connectivity index (χ4v) is 6.05. The van der Waals surface area contributed by atoms with E-state index in [-0.39, 0.29) is 45.5 Å². The zero-order valence-electron chi connectivity index (χ0n) is 19.9. The second-order valence-electron chi connectivity index (χ2n) is 8.98. The number of carbonyl (C=O) groups is 2. The molecular formula is C24H26Cl2N4O4S. The van der Waals surface area contributed by atoms with E-state index in [4.69, 9.17) is 23.2 Å². The van der Waals surface area contributed by atoms with E-state index >= 15 is 0 Å². The van der Waals surface area contributed by atoms with Crippen LogP contribution in [0.3, 0.4) is 0 Å². The van der Waals surface area contributed by atoms with Gasteiger partial charge in [-0.1, -0.05) is 23.2 Å². The lowest BCUT2D eigenvalue weighted by Crippen LogP contribution is -2.46. The number of rotatable bonds is 4. The van der Waals surface area contributed by atoms with Crippen LogP contribution in [-0.2, 0) is 11.3 Å². The van der Waals surface area contributed by atoms with Crippen molar-refractivity contribution in [3.63, 3.8) is 0 Å². The largest absolute Gasteiger partial charge is 0.344 e. The van der Waals surface area contributed by atoms with Crippen LogP contribution in [0.4, 0.5) is 0 Å². The van der Waals surface area contributed by atoms with Crippen LogP contribution in [0.15, 0.2) is 27.8 Å². The molecule has 3 aromatic rings. The lowest BCUT2D eigenvalue weighted by atomic mass is 10.0. The molecule has 1 saturated heterocycles. The van der Waals surface area contributed by atoms with Gasteiger partial charge in [-0.15, -0.1) is 11.3 Å². The molecule has 0 saturated carbocycles. The summed E-state index contributed by atoms with van der Waals surface area (Å²) in [5.41, 5.74) is -0.557. The molecule has 0 radical (unpaired) electrons. The molecule has 3 heterocycles. The Morgan fingerprint density at radius 1 is 1.14 bits per heavy atom. The van der Waals surface area contributed by atoms with Crippen LogP contribution in [-0.4, -0.2) is 57.4 Å². The van der Waals surface area contributed by atoms with Crippen molar-refractivity contribution < 1.29 is 9.59 Å². The van der Waals surface area contributed by atoms with Gasteiger partial charge in [0.1, 0.15) is 11.4 Å². The van der Waals surface area contributed by atoms with E-state index in [1.54, 1.807) is 25.9 Å². The number of thiophene rings is 1. The molecule has 186 valence electrons. The zero-order valence-corrected chi connectivity index (χ0v) is 22.3. The van der Waals surface area contributed by atoms with E-state index in [9.17, 15) is 19.2 Å². The quantitative estimate of drug-likeness (QED) is 0.505. The summed E-state index contributed by atoms with van der Waals surface area (Å²) in [5.74, 6) is -0.481. The molecule has 35 heavy (non-hydrogen) atoms. The van der Waals surface area contributed by atoms with Crippen molar-refractivity contribution in [2.45, 2.75) is 45.7 Å². The van der Waals surface area contributed by atoms with Crippen LogP contribution in [0.1, 0.15) is 41.4 Å². The number of halogens is 2. The Morgan fingerprint density at radius 2 is 1.86 bits per heavy atom. The third kappa shape index (κ3) is 4.52. The van der Waals surface area contributed by atoms with Gasteiger partial charge in [0.05, 0.1) is 26.0 Å². The van der Waals surface area contributed by atoms with Crippen molar-refractivity contribution in [2.24, 2.45) is 0 Å². The summed E-state index contributed by atoms with van der Waals surface area (Å²) in [5, 5.41) is 0.695. The molecule has 1 aliphatic heterocycles. The first kappa shape index (κ1) is 25.5. The number of aryl methyl sites for hydroxylation is 1. The first-order chi connectivity index (χ1) is 16.5. The molecule has 1 atom stereocenters. The Labute approximate surface area is 216 Å². The number of benzene rings is 1. The molecule has 0 aliphatic carbocycles. The van der Waals surface area contributed by atoms with Gasteiger partial charge in [0.2, 0.25) is 5.91 Å². The second-order valence-corrected chi connectivity index (χ2v) is 10.8. The first-order valence-corrected chi connectivity index (χ1v) is 12.9. The molecule has 1 aromatic carbocycles. The SMILES string of the molecule is Cc1c(C(=O)N(C)C)sc2c1c(=O)n(-c1ccc(Cl)c(Cl)c1)c(=O)n2CC(=O)N1CCCC[C@@H]1C. The standard InChI is InChI=1S/C24H26Cl2N4O4S/c1-13-7-5-6-10-28(13)18(31)12-29-23-19(14(2)20(35-23)22(33)27(3)4)21(32)30(24(29)34)15-8-9-16(25)17(26)11-15/h8-9,11,13H,5-7,10,12H2,1-4H3/t13-/m0/s1. The normalized spacial score (nSPS) is 16.1. The average Bonchev–Trinajstić information content (AvgIpc) is 3.15. The molecular weight excluding hydrogens is 511 g/mol. The Kier molecular flexibility index (Phi) is 7.13. The molecule has 1 fully saturated rings. The number of fused-ring (bicyclic) bond motifs is 1. The smallest absolute Gasteiger partial charge is 0.337 e. The molecule has 0 unspecified atom stereocenters. The summed E-state index contributed by atoms with van der Waals surface area (Å²) in [7, 11) is 3.24. The highest BCUT2D eigenvalue weighted by molar-refractivity contribution is 7.20. The summed E-state index contributed by atoms with van der Waals surface area (Å²) in [6.45, 7) is 4.06. The average molecular weight is 537 g/mol. The van der Waals surface area contributed by atoms with E-state index in [1.165, 1.54) is 27.7 Å². The summed E-state index contributed by atoms with van der Waals surface area (Å²) in [6.07, 6.45) is 2.86. The third-order valence-electron chi connectivity index (χ3n) is 6.39. The van der Waals surface area contributed by atoms with Gasteiger partial charge in [-0.05, 0) is 56.9 Å². The molecule has 11 heteroatoms. The number of hydrogen-bond donors (Lipinski definition) is 0. The predicted octanol–water partition coefficient (Wildman–Crippen LogP) is 3.93. The lowest BCUT2D eigenvalue weighted by molar-refractivity contribution is -0.135. The van der Waals surface area contributed by atoms with E-state index < -0.39 is 11.2 Å². The van der Waals surface area contributed by atoms with Gasteiger partial charge >= 0.3 is 5.69 Å². The van der Waals surface area contributed by atoms with Gasteiger partial charge in [0.25, 0.3) is 11.5 Å². The number of aromatic nitrogens is 2. The van der Waals surface area contributed by atoms with E-state index in [0.29, 0.717) is 21.8 Å². The fourth-order valence-electron chi connectivity index (χ4n) is 4.44. The van der Waals surface area contributed by atoms with Crippen LogP contribution in [0.25, 0.3) is 15.9 Å². The van der Waals surface area contributed by atoms with E-state index in [2.05, 4.69) is 0 Å². The fraction of sp³-hybridized carbons (Fsp3) is 0.417. The minimum Gasteiger partial charge on any atom is -0.344 e. The molecule has 0 spiro atoms. The van der Waals surface area contributed by atoms with Crippen LogP contribution in [0.5, 0.6) is 0 Å². The third-order valence-corrected chi connectivity index (χ3v) is 8.43.